The zero-order valence-electron chi connectivity index (χ0n) is 14.5. The summed E-state index contributed by atoms with van der Waals surface area (Å²) in [6.45, 7) is 6.20. The lowest BCUT2D eigenvalue weighted by atomic mass is 10.1. The van der Waals surface area contributed by atoms with Crippen molar-refractivity contribution in [2.75, 3.05) is 23.3 Å². The molecule has 0 atom stereocenters. The molecule has 0 bridgehead atoms. The third kappa shape index (κ3) is 2.97. The Kier molecular flexibility index (Phi) is 3.92. The van der Waals surface area contributed by atoms with Crippen molar-refractivity contribution in [1.29, 1.82) is 0 Å². The molecule has 3 heterocycles. The van der Waals surface area contributed by atoms with E-state index in [9.17, 15) is 4.79 Å². The maximum Gasteiger partial charge on any atom is 0.291 e. The van der Waals surface area contributed by atoms with Crippen LogP contribution in [0, 0.1) is 13.8 Å². The minimum absolute atomic E-state index is 0.250. The number of hydrogen-bond donors (Lipinski definition) is 1. The Morgan fingerprint density at radius 1 is 1.20 bits per heavy atom. The third-order valence-electron chi connectivity index (χ3n) is 4.70. The number of aromatic nitrogens is 1. The van der Waals surface area contributed by atoms with E-state index in [1.54, 1.807) is 12.1 Å². The molecular weight excluding hydrogens is 314 g/mol. The molecule has 5 nitrogen and oxygen atoms in total. The summed E-state index contributed by atoms with van der Waals surface area (Å²) in [6, 6.07) is 9.59. The van der Waals surface area contributed by atoms with Crippen LogP contribution in [0.15, 0.2) is 41.0 Å². The zero-order chi connectivity index (χ0) is 17.4. The van der Waals surface area contributed by atoms with Crippen LogP contribution < -0.4 is 10.2 Å². The average Bonchev–Trinajstić information content (AvgIpc) is 3.29. The molecule has 0 saturated carbocycles. The highest BCUT2D eigenvalue weighted by Gasteiger charge is 2.18. The minimum atomic E-state index is -0.250. The molecule has 1 aliphatic heterocycles. The second kappa shape index (κ2) is 6.24. The first-order chi connectivity index (χ1) is 12.1. The van der Waals surface area contributed by atoms with E-state index in [1.165, 1.54) is 24.8 Å². The van der Waals surface area contributed by atoms with Gasteiger partial charge < -0.3 is 14.6 Å². The summed E-state index contributed by atoms with van der Waals surface area (Å²) in [5.74, 6) is 0.0503. The third-order valence-corrected chi connectivity index (χ3v) is 4.70. The van der Waals surface area contributed by atoms with Gasteiger partial charge in [0.25, 0.3) is 5.91 Å². The molecule has 1 N–H and O–H groups in total. The fraction of sp³-hybridized carbons (Fsp3) is 0.300. The van der Waals surface area contributed by atoms with Crippen molar-refractivity contribution in [2.45, 2.75) is 26.7 Å². The molecule has 1 aliphatic rings. The Hall–Kier alpha value is -2.82. The van der Waals surface area contributed by atoms with Crippen LogP contribution in [0.25, 0.3) is 10.9 Å². The number of rotatable bonds is 3. The van der Waals surface area contributed by atoms with Crippen LogP contribution in [0.2, 0.25) is 0 Å². The monoisotopic (exact) mass is 335 g/mol. The van der Waals surface area contributed by atoms with Crippen molar-refractivity contribution < 1.29 is 9.21 Å². The highest BCUT2D eigenvalue weighted by atomic mass is 16.3. The predicted octanol–water partition coefficient (Wildman–Crippen LogP) is 4.30. The number of carbonyl (C=O) groups excluding carboxylic acids is 1. The zero-order valence-corrected chi connectivity index (χ0v) is 14.5. The van der Waals surface area contributed by atoms with Crippen molar-refractivity contribution in [3.8, 4) is 0 Å². The van der Waals surface area contributed by atoms with Gasteiger partial charge in [-0.25, -0.2) is 0 Å². The number of nitrogens with zero attached hydrogens (tertiary/aromatic N) is 2. The van der Waals surface area contributed by atoms with Gasteiger partial charge in [-0.2, -0.15) is 0 Å². The molecule has 0 unspecified atom stereocenters. The Balaban J connectivity index is 1.75. The second-order valence-electron chi connectivity index (χ2n) is 6.59. The van der Waals surface area contributed by atoms with Gasteiger partial charge in [0.05, 0.1) is 11.8 Å². The van der Waals surface area contributed by atoms with E-state index >= 15 is 0 Å². The van der Waals surface area contributed by atoms with E-state index in [1.807, 2.05) is 19.9 Å². The molecule has 25 heavy (non-hydrogen) atoms. The number of pyridine rings is 1. The summed E-state index contributed by atoms with van der Waals surface area (Å²) in [6.07, 6.45) is 3.97. The van der Waals surface area contributed by atoms with Gasteiger partial charge in [-0.1, -0.05) is 0 Å². The van der Waals surface area contributed by atoms with Crippen molar-refractivity contribution in [3.05, 3.63) is 53.6 Å². The topological polar surface area (TPSA) is 58.4 Å². The molecule has 0 aliphatic carbocycles. The first kappa shape index (κ1) is 15.7. The molecule has 1 fully saturated rings. The molecule has 4 rings (SSSR count). The maximum absolute atomic E-state index is 12.3. The first-order valence-corrected chi connectivity index (χ1v) is 8.63. The number of hydrogen-bond acceptors (Lipinski definition) is 4. The summed E-state index contributed by atoms with van der Waals surface area (Å²) in [7, 11) is 0. The lowest BCUT2D eigenvalue weighted by molar-refractivity contribution is 0.0996. The van der Waals surface area contributed by atoms with Gasteiger partial charge in [0.15, 0.2) is 5.76 Å². The lowest BCUT2D eigenvalue weighted by Crippen LogP contribution is -2.18. The van der Waals surface area contributed by atoms with Crippen LogP contribution in [-0.4, -0.2) is 24.0 Å². The fourth-order valence-corrected chi connectivity index (χ4v) is 3.44. The van der Waals surface area contributed by atoms with Gasteiger partial charge in [0, 0.05) is 35.5 Å². The molecule has 128 valence electrons. The smallest absolute Gasteiger partial charge is 0.291 e. The number of furan rings is 1. The van der Waals surface area contributed by atoms with E-state index in [4.69, 9.17) is 4.42 Å². The van der Waals surface area contributed by atoms with Gasteiger partial charge >= 0.3 is 0 Å². The molecule has 2 aromatic heterocycles. The molecular formula is C20H21N3O2. The SMILES string of the molecule is Cc1cc(N2CCCC2)c2cc(C)c(NC(=O)c3ccco3)cc2n1. The van der Waals surface area contributed by atoms with Crippen LogP contribution in [-0.2, 0) is 0 Å². The normalized spacial score (nSPS) is 14.2. The Bertz CT molecular complexity index is 926. The van der Waals surface area contributed by atoms with E-state index in [-0.39, 0.29) is 5.91 Å². The summed E-state index contributed by atoms with van der Waals surface area (Å²) in [5.41, 5.74) is 4.91. The number of fused-ring (bicyclic) bond motifs is 1. The number of nitrogens with one attached hydrogen (secondary N) is 1. The predicted molar refractivity (Wildman–Crippen MR) is 99.3 cm³/mol. The van der Waals surface area contributed by atoms with Crippen LogP contribution in [0.5, 0.6) is 0 Å². The average molecular weight is 335 g/mol. The van der Waals surface area contributed by atoms with Crippen molar-refractivity contribution in [2.24, 2.45) is 0 Å². The van der Waals surface area contributed by atoms with E-state index in [0.29, 0.717) is 5.76 Å². The number of amides is 1. The van der Waals surface area contributed by atoms with E-state index in [2.05, 4.69) is 27.3 Å². The Labute approximate surface area is 146 Å². The Morgan fingerprint density at radius 3 is 2.72 bits per heavy atom. The number of aryl methyl sites for hydroxylation is 2. The van der Waals surface area contributed by atoms with Gasteiger partial charge in [0.1, 0.15) is 0 Å². The van der Waals surface area contributed by atoms with Gasteiger partial charge in [-0.15, -0.1) is 0 Å². The number of benzene rings is 1. The molecule has 0 spiro atoms. The number of anilines is 2. The number of carbonyl (C=O) groups is 1. The van der Waals surface area contributed by atoms with Crippen molar-refractivity contribution >= 4 is 28.2 Å². The van der Waals surface area contributed by atoms with Crippen molar-refractivity contribution in [1.82, 2.24) is 4.98 Å². The molecule has 0 radical (unpaired) electrons. The van der Waals surface area contributed by atoms with Gasteiger partial charge in [-0.3, -0.25) is 9.78 Å². The summed E-state index contributed by atoms with van der Waals surface area (Å²) in [5, 5.41) is 4.07. The quantitative estimate of drug-likeness (QED) is 0.775. The van der Waals surface area contributed by atoms with Crippen LogP contribution in [0.1, 0.15) is 34.7 Å². The molecule has 5 heteroatoms. The molecule has 1 aromatic carbocycles. The minimum Gasteiger partial charge on any atom is -0.459 e. The van der Waals surface area contributed by atoms with Crippen LogP contribution >= 0.6 is 0 Å². The van der Waals surface area contributed by atoms with Crippen LogP contribution in [0.3, 0.4) is 0 Å². The standard InChI is InChI=1S/C20H21N3O2/c1-13-10-15-17(12-16(13)22-20(24)19-6-5-9-25-19)21-14(2)11-18(15)23-7-3-4-8-23/h5-6,9-12H,3-4,7-8H2,1-2H3,(H,22,24). The van der Waals surface area contributed by atoms with Gasteiger partial charge in [-0.05, 0) is 62.6 Å². The summed E-state index contributed by atoms with van der Waals surface area (Å²) >= 11 is 0. The van der Waals surface area contributed by atoms with Crippen molar-refractivity contribution in [3.63, 3.8) is 0 Å². The summed E-state index contributed by atoms with van der Waals surface area (Å²) < 4.78 is 5.17. The molecule has 3 aromatic rings. The highest BCUT2D eigenvalue weighted by molar-refractivity contribution is 6.04. The first-order valence-electron chi connectivity index (χ1n) is 8.63. The van der Waals surface area contributed by atoms with E-state index < -0.39 is 0 Å². The lowest BCUT2D eigenvalue weighted by Gasteiger charge is -2.21. The second-order valence-corrected chi connectivity index (χ2v) is 6.59. The van der Waals surface area contributed by atoms with Gasteiger partial charge in [0.2, 0.25) is 0 Å². The summed E-state index contributed by atoms with van der Waals surface area (Å²) in [4.78, 5) is 19.4. The fourth-order valence-electron chi connectivity index (χ4n) is 3.44. The molecule has 1 saturated heterocycles. The van der Waals surface area contributed by atoms with E-state index in [0.717, 1.165) is 40.9 Å². The maximum atomic E-state index is 12.3. The highest BCUT2D eigenvalue weighted by Crippen LogP contribution is 2.32. The largest absolute Gasteiger partial charge is 0.459 e. The molecule has 1 amide bonds. The Morgan fingerprint density at radius 2 is 2.00 bits per heavy atom. The van der Waals surface area contributed by atoms with Crippen LogP contribution in [0.4, 0.5) is 11.4 Å².